The van der Waals surface area contributed by atoms with E-state index >= 15 is 0 Å². The van der Waals surface area contributed by atoms with Gasteiger partial charge < -0.3 is 5.32 Å². The third-order valence-electron chi connectivity index (χ3n) is 7.18. The quantitative estimate of drug-likeness (QED) is 0.443. The molecule has 1 saturated carbocycles. The molecule has 0 saturated heterocycles. The number of rotatable bonds is 3. The van der Waals surface area contributed by atoms with Crippen LogP contribution in [0, 0.1) is 11.7 Å². The van der Waals surface area contributed by atoms with Crippen LogP contribution in [0.15, 0.2) is 84.1 Å². The molecule has 0 aromatic heterocycles. The lowest BCUT2D eigenvalue weighted by Gasteiger charge is -2.35. The summed E-state index contributed by atoms with van der Waals surface area (Å²) < 4.78 is 13.9. The summed E-state index contributed by atoms with van der Waals surface area (Å²) in [5.74, 6) is -0.399. The van der Waals surface area contributed by atoms with Gasteiger partial charge in [-0.2, -0.15) is 0 Å². The maximum absolute atomic E-state index is 13.9. The fraction of sp³-hybridized carbons (Fsp3) is 0.241. The Bertz CT molecular complexity index is 1350. The van der Waals surface area contributed by atoms with Crippen LogP contribution in [0.5, 0.6) is 0 Å². The second-order valence-corrected chi connectivity index (χ2v) is 9.99. The van der Waals surface area contributed by atoms with Crippen LogP contribution in [0.25, 0.3) is 0 Å². The summed E-state index contributed by atoms with van der Waals surface area (Å²) in [7, 11) is 0. The standard InChI is InChI=1S/C29H24ClFN2O2/c30-21-11-7-17(8-12-21)20-15-24-27(26(34)16-20)28(18-9-13-22(31)14-10-18)33(29(35)19-5-6-19)25-4-2-1-3-23(25)32-24/h1-4,7-14,19-20,28,32H,5-6,15-16H2/t20-,28-/m1/s1. The minimum absolute atomic E-state index is 0.00210. The van der Waals surface area contributed by atoms with E-state index in [1.807, 2.05) is 48.5 Å². The molecule has 176 valence electrons. The van der Waals surface area contributed by atoms with Gasteiger partial charge in [0.2, 0.25) is 5.91 Å². The fourth-order valence-corrected chi connectivity index (χ4v) is 5.42. The number of fused-ring (bicyclic) bond motifs is 1. The maximum atomic E-state index is 13.9. The highest BCUT2D eigenvalue weighted by Gasteiger charge is 2.44. The average molecular weight is 487 g/mol. The van der Waals surface area contributed by atoms with Crippen molar-refractivity contribution in [2.24, 2.45) is 5.92 Å². The van der Waals surface area contributed by atoms with Crippen LogP contribution >= 0.6 is 11.6 Å². The monoisotopic (exact) mass is 486 g/mol. The Labute approximate surface area is 208 Å². The van der Waals surface area contributed by atoms with Gasteiger partial charge >= 0.3 is 0 Å². The Morgan fingerprint density at radius 3 is 2.31 bits per heavy atom. The van der Waals surface area contributed by atoms with E-state index in [-0.39, 0.29) is 29.3 Å². The summed E-state index contributed by atoms with van der Waals surface area (Å²) in [6.07, 6.45) is 2.65. The van der Waals surface area contributed by atoms with E-state index in [0.29, 0.717) is 23.4 Å². The summed E-state index contributed by atoms with van der Waals surface area (Å²) in [5.41, 5.74) is 4.72. The number of amides is 1. The third-order valence-corrected chi connectivity index (χ3v) is 7.43. The van der Waals surface area contributed by atoms with Crippen molar-refractivity contribution in [2.45, 2.75) is 37.6 Å². The van der Waals surface area contributed by atoms with Crippen molar-refractivity contribution in [2.75, 3.05) is 10.2 Å². The van der Waals surface area contributed by atoms with Crippen molar-refractivity contribution in [1.29, 1.82) is 0 Å². The molecular formula is C29H24ClFN2O2. The first kappa shape index (κ1) is 22.1. The van der Waals surface area contributed by atoms with E-state index in [1.165, 1.54) is 12.1 Å². The highest BCUT2D eigenvalue weighted by molar-refractivity contribution is 6.30. The number of halogens is 2. The maximum Gasteiger partial charge on any atom is 0.231 e. The minimum Gasteiger partial charge on any atom is -0.357 e. The van der Waals surface area contributed by atoms with Gasteiger partial charge in [0.15, 0.2) is 5.78 Å². The second-order valence-electron chi connectivity index (χ2n) is 9.55. The van der Waals surface area contributed by atoms with Crippen LogP contribution in [0.2, 0.25) is 5.02 Å². The molecule has 3 aromatic carbocycles. The molecule has 35 heavy (non-hydrogen) atoms. The Morgan fingerprint density at radius 2 is 1.60 bits per heavy atom. The largest absolute Gasteiger partial charge is 0.357 e. The normalized spacial score (nSPS) is 21.7. The molecule has 1 amide bonds. The lowest BCUT2D eigenvalue weighted by molar-refractivity contribution is -0.120. The lowest BCUT2D eigenvalue weighted by Crippen LogP contribution is -2.39. The van der Waals surface area contributed by atoms with Crippen molar-refractivity contribution < 1.29 is 14.0 Å². The van der Waals surface area contributed by atoms with Crippen molar-refractivity contribution in [1.82, 2.24) is 0 Å². The van der Waals surface area contributed by atoms with Gasteiger partial charge in [0.25, 0.3) is 0 Å². The van der Waals surface area contributed by atoms with Gasteiger partial charge in [-0.25, -0.2) is 4.39 Å². The van der Waals surface area contributed by atoms with Gasteiger partial charge in [-0.05, 0) is 72.7 Å². The van der Waals surface area contributed by atoms with Gasteiger partial charge in [0.05, 0.1) is 17.4 Å². The smallest absolute Gasteiger partial charge is 0.231 e. The number of hydrogen-bond donors (Lipinski definition) is 1. The SMILES string of the molecule is O=C1C[C@H](c2ccc(Cl)cc2)CC2=C1[C@@H](c1ccc(F)cc1)N(C(=O)C1CC1)c1ccccc1N2. The summed E-state index contributed by atoms with van der Waals surface area (Å²) in [5, 5.41) is 4.18. The Kier molecular flexibility index (Phi) is 5.45. The zero-order valence-electron chi connectivity index (χ0n) is 19.0. The highest BCUT2D eigenvalue weighted by Crippen LogP contribution is 2.49. The minimum atomic E-state index is -0.617. The van der Waals surface area contributed by atoms with Crippen molar-refractivity contribution in [3.63, 3.8) is 0 Å². The molecule has 0 spiro atoms. The predicted octanol–water partition coefficient (Wildman–Crippen LogP) is 6.79. The van der Waals surface area contributed by atoms with Crippen LogP contribution in [0.3, 0.4) is 0 Å². The first-order valence-electron chi connectivity index (χ1n) is 12.0. The van der Waals surface area contributed by atoms with E-state index < -0.39 is 6.04 Å². The predicted molar refractivity (Wildman–Crippen MR) is 135 cm³/mol. The van der Waals surface area contributed by atoms with Gasteiger partial charge in [-0.1, -0.05) is 48.0 Å². The van der Waals surface area contributed by atoms with Crippen LogP contribution in [0.1, 0.15) is 48.8 Å². The Morgan fingerprint density at radius 1 is 0.914 bits per heavy atom. The average Bonchev–Trinajstić information content (AvgIpc) is 3.71. The zero-order valence-corrected chi connectivity index (χ0v) is 19.8. The number of para-hydroxylation sites is 2. The molecule has 1 heterocycles. The molecule has 0 radical (unpaired) electrons. The van der Waals surface area contributed by atoms with Crippen molar-refractivity contribution in [3.8, 4) is 0 Å². The van der Waals surface area contributed by atoms with E-state index in [9.17, 15) is 14.0 Å². The van der Waals surface area contributed by atoms with E-state index in [1.54, 1.807) is 17.0 Å². The Hall–Kier alpha value is -3.44. The molecule has 2 atom stereocenters. The summed E-state index contributed by atoms with van der Waals surface area (Å²) in [6, 6.07) is 20.8. The first-order chi connectivity index (χ1) is 17.0. The summed E-state index contributed by atoms with van der Waals surface area (Å²) in [4.78, 5) is 29.3. The molecular weight excluding hydrogens is 463 g/mol. The zero-order chi connectivity index (χ0) is 24.1. The number of ketones is 1. The number of Topliss-reactive ketones (excluding diaryl/α,β-unsaturated/α-hetero) is 1. The van der Waals surface area contributed by atoms with Crippen LogP contribution < -0.4 is 10.2 Å². The molecule has 2 aliphatic carbocycles. The van der Waals surface area contributed by atoms with E-state index in [4.69, 9.17) is 11.6 Å². The number of anilines is 2. The Balaban J connectivity index is 1.53. The first-order valence-corrected chi connectivity index (χ1v) is 12.3. The molecule has 1 aliphatic heterocycles. The number of benzene rings is 3. The number of hydrogen-bond acceptors (Lipinski definition) is 3. The third kappa shape index (κ3) is 4.04. The van der Waals surface area contributed by atoms with Crippen molar-refractivity contribution in [3.05, 3.63) is 106 Å². The number of allylic oxidation sites excluding steroid dienone is 1. The molecule has 3 aliphatic rings. The summed E-state index contributed by atoms with van der Waals surface area (Å²) in [6.45, 7) is 0. The lowest BCUT2D eigenvalue weighted by atomic mass is 9.78. The van der Waals surface area contributed by atoms with Gasteiger partial charge in [0.1, 0.15) is 5.82 Å². The molecule has 3 aromatic rings. The van der Waals surface area contributed by atoms with Crippen molar-refractivity contribution >= 4 is 34.7 Å². The fourth-order valence-electron chi connectivity index (χ4n) is 5.29. The molecule has 1 N–H and O–H groups in total. The number of nitrogens with one attached hydrogen (secondary N) is 1. The van der Waals surface area contributed by atoms with Gasteiger partial charge in [-0.3, -0.25) is 14.5 Å². The van der Waals surface area contributed by atoms with Crippen LogP contribution in [0.4, 0.5) is 15.8 Å². The highest BCUT2D eigenvalue weighted by atomic mass is 35.5. The molecule has 4 nitrogen and oxygen atoms in total. The number of carbonyl (C=O) groups excluding carboxylic acids is 2. The summed E-state index contributed by atoms with van der Waals surface area (Å²) >= 11 is 6.09. The van der Waals surface area contributed by atoms with E-state index in [2.05, 4.69) is 5.32 Å². The van der Waals surface area contributed by atoms with Gasteiger partial charge in [-0.15, -0.1) is 0 Å². The molecule has 6 heteroatoms. The topological polar surface area (TPSA) is 49.4 Å². The van der Waals surface area contributed by atoms with E-state index in [0.717, 1.165) is 41.0 Å². The molecule has 1 fully saturated rings. The van der Waals surface area contributed by atoms with Crippen LogP contribution in [-0.2, 0) is 9.59 Å². The number of nitrogens with zero attached hydrogens (tertiary/aromatic N) is 1. The van der Waals surface area contributed by atoms with Gasteiger partial charge in [0, 0.05) is 28.6 Å². The van der Waals surface area contributed by atoms with Crippen LogP contribution in [-0.4, -0.2) is 11.7 Å². The molecule has 0 unspecified atom stereocenters. The molecule has 6 rings (SSSR count). The second kappa shape index (κ2) is 8.65. The number of carbonyl (C=O) groups is 2. The molecule has 0 bridgehead atoms.